The molecule has 7 atom stereocenters. The molecule has 9 nitrogen and oxygen atoms in total. The van der Waals surface area contributed by atoms with Crippen molar-refractivity contribution in [2.24, 2.45) is 17.8 Å². The largest absolute Gasteiger partial charge is 0.494 e. The number of aliphatic hydroxyl groups is 1. The van der Waals surface area contributed by atoms with Crippen LogP contribution < -0.4 is 15.4 Å². The average molecular weight is 598 g/mol. The fourth-order valence-electron chi connectivity index (χ4n) is 7.31. The van der Waals surface area contributed by atoms with E-state index >= 15 is 0 Å². The lowest BCUT2D eigenvalue weighted by molar-refractivity contribution is -0.149. The third-order valence-electron chi connectivity index (χ3n) is 9.56. The summed E-state index contributed by atoms with van der Waals surface area (Å²) >= 11 is 6.38. The molecule has 3 N–H and O–H groups in total. The zero-order valence-corrected chi connectivity index (χ0v) is 25.3. The van der Waals surface area contributed by atoms with E-state index < -0.39 is 41.0 Å². The Bertz CT molecular complexity index is 1340. The highest BCUT2D eigenvalue weighted by atomic mass is 35.5. The van der Waals surface area contributed by atoms with Crippen LogP contribution in [0.1, 0.15) is 53.4 Å². The van der Waals surface area contributed by atoms with Crippen LogP contribution >= 0.6 is 11.6 Å². The smallest absolute Gasteiger partial charge is 0.250 e. The van der Waals surface area contributed by atoms with Gasteiger partial charge < -0.3 is 30.1 Å². The average Bonchev–Trinajstić information content (AvgIpc) is 3.59. The molecule has 42 heavy (non-hydrogen) atoms. The maximum Gasteiger partial charge on any atom is 0.250 e. The second-order valence-electron chi connectivity index (χ2n) is 11.6. The van der Waals surface area contributed by atoms with Crippen LogP contribution in [0.2, 0.25) is 5.02 Å². The molecule has 0 radical (unpaired) electrons. The van der Waals surface area contributed by atoms with Gasteiger partial charge in [0.15, 0.2) is 0 Å². The van der Waals surface area contributed by atoms with E-state index in [1.165, 1.54) is 4.90 Å². The Kier molecular flexibility index (Phi) is 8.56. The lowest BCUT2D eigenvalue weighted by atomic mass is 9.65. The molecular weight excluding hydrogens is 558 g/mol. The molecule has 10 heteroatoms. The van der Waals surface area contributed by atoms with Crippen LogP contribution in [0, 0.1) is 17.8 Å². The third-order valence-corrected chi connectivity index (χ3v) is 9.89. The molecule has 3 heterocycles. The number of amides is 3. The number of nitrogens with zero attached hydrogens (tertiary/aromatic N) is 1. The Labute approximate surface area is 251 Å². The molecule has 0 saturated carbocycles. The Balaban J connectivity index is 1.54. The minimum absolute atomic E-state index is 0.0988. The molecule has 226 valence electrons. The molecule has 5 rings (SSSR count). The second kappa shape index (κ2) is 11.9. The number of hydrogen-bond donors (Lipinski definition) is 3. The molecule has 1 spiro atoms. The van der Waals surface area contributed by atoms with Crippen LogP contribution in [0.5, 0.6) is 5.75 Å². The summed E-state index contributed by atoms with van der Waals surface area (Å²) < 4.78 is 12.4. The van der Waals surface area contributed by atoms with Gasteiger partial charge in [-0.15, -0.1) is 0 Å². The van der Waals surface area contributed by atoms with Gasteiger partial charge in [-0.25, -0.2) is 0 Å². The number of hydrogen-bond acceptors (Lipinski definition) is 6. The maximum absolute atomic E-state index is 14.5. The highest BCUT2D eigenvalue weighted by Crippen LogP contribution is 2.65. The number of carbonyl (C=O) groups is 3. The van der Waals surface area contributed by atoms with Crippen LogP contribution in [-0.4, -0.2) is 64.2 Å². The van der Waals surface area contributed by atoms with Gasteiger partial charge in [-0.3, -0.25) is 14.4 Å². The molecule has 3 saturated heterocycles. The highest BCUT2D eigenvalue weighted by molar-refractivity contribution is 6.33. The number of carbonyl (C=O) groups excluding carboxylic acids is 3. The van der Waals surface area contributed by atoms with E-state index in [2.05, 4.69) is 10.6 Å². The molecule has 0 aromatic heterocycles. The van der Waals surface area contributed by atoms with Crippen LogP contribution in [-0.2, 0) is 19.1 Å². The van der Waals surface area contributed by atoms with E-state index in [0.717, 1.165) is 0 Å². The Morgan fingerprint density at radius 1 is 1.10 bits per heavy atom. The first-order valence-corrected chi connectivity index (χ1v) is 15.3. The Hall–Kier alpha value is -3.14. The second-order valence-corrected chi connectivity index (χ2v) is 12.0. The van der Waals surface area contributed by atoms with Gasteiger partial charge in [0.25, 0.3) is 0 Å². The molecule has 0 aliphatic carbocycles. The molecular formula is C32H40ClN3O6. The van der Waals surface area contributed by atoms with Crippen molar-refractivity contribution in [1.29, 1.82) is 0 Å². The fourth-order valence-corrected chi connectivity index (χ4v) is 7.49. The van der Waals surface area contributed by atoms with Crippen LogP contribution in [0.15, 0.2) is 48.5 Å². The van der Waals surface area contributed by atoms with Gasteiger partial charge in [0.2, 0.25) is 17.7 Å². The van der Waals surface area contributed by atoms with Gasteiger partial charge in [-0.1, -0.05) is 50.9 Å². The molecule has 3 aliphatic rings. The van der Waals surface area contributed by atoms with Gasteiger partial charge >= 0.3 is 0 Å². The SMILES string of the molecule is CCOc1ccc(NC(=O)[C@H]2[C@H]3C(=O)N([C@@H](CO)[C@@H](C)CC)C(C(=O)Nc4ccccc4Cl)C34CC[C@]2(CC)O4)cc1. The molecule has 2 aromatic carbocycles. The monoisotopic (exact) mass is 597 g/mol. The summed E-state index contributed by atoms with van der Waals surface area (Å²) in [6.45, 7) is 7.99. The number of aliphatic hydroxyl groups excluding tert-OH is 1. The lowest BCUT2D eigenvalue weighted by Gasteiger charge is -2.39. The van der Waals surface area contributed by atoms with Crippen molar-refractivity contribution in [2.75, 3.05) is 23.8 Å². The standard InChI is InChI=1S/C32H40ClN3O6/c1-5-19(4)24(18-37)36-27(29(39)35-23-11-9-8-10-22(23)33)32-17-16-31(6-2,42-32)25(26(32)30(36)40)28(38)34-20-12-14-21(15-13-20)41-7-3/h8-15,19,24-27,37H,5-7,16-18H2,1-4H3,(H,34,38)(H,35,39)/t19-,24-,25+,26-,27?,31-,32?/m0/s1. The highest BCUT2D eigenvalue weighted by Gasteiger charge is 2.79. The van der Waals surface area contributed by atoms with Gasteiger partial charge in [-0.2, -0.15) is 0 Å². The van der Waals surface area contributed by atoms with Crippen molar-refractivity contribution in [3.8, 4) is 5.75 Å². The first kappa shape index (κ1) is 30.3. The van der Waals surface area contributed by atoms with Gasteiger partial charge in [-0.05, 0) is 68.5 Å². The quantitative estimate of drug-likeness (QED) is 0.340. The van der Waals surface area contributed by atoms with E-state index in [4.69, 9.17) is 21.1 Å². The summed E-state index contributed by atoms with van der Waals surface area (Å²) in [7, 11) is 0. The number of benzene rings is 2. The van der Waals surface area contributed by atoms with Crippen molar-refractivity contribution in [2.45, 2.75) is 76.7 Å². The Morgan fingerprint density at radius 2 is 1.81 bits per heavy atom. The summed E-state index contributed by atoms with van der Waals surface area (Å²) in [6, 6.07) is 12.3. The molecule has 2 unspecified atom stereocenters. The van der Waals surface area contributed by atoms with Crippen LogP contribution in [0.4, 0.5) is 11.4 Å². The van der Waals surface area contributed by atoms with E-state index in [0.29, 0.717) is 54.4 Å². The van der Waals surface area contributed by atoms with E-state index in [1.54, 1.807) is 48.5 Å². The number of ether oxygens (including phenoxy) is 2. The summed E-state index contributed by atoms with van der Waals surface area (Å²) in [4.78, 5) is 44.2. The third kappa shape index (κ3) is 4.85. The number of fused-ring (bicyclic) bond motifs is 1. The lowest BCUT2D eigenvalue weighted by Crippen LogP contribution is -2.57. The topological polar surface area (TPSA) is 117 Å². The van der Waals surface area contributed by atoms with Crippen molar-refractivity contribution < 1.29 is 29.0 Å². The number of para-hydroxylation sites is 1. The Morgan fingerprint density at radius 3 is 2.43 bits per heavy atom. The van der Waals surface area contributed by atoms with Gasteiger partial charge in [0.1, 0.15) is 17.4 Å². The number of halogens is 1. The first-order chi connectivity index (χ1) is 20.2. The molecule has 3 fully saturated rings. The predicted octanol–water partition coefficient (Wildman–Crippen LogP) is 4.88. The number of rotatable bonds is 11. The zero-order chi connectivity index (χ0) is 30.2. The molecule has 3 amide bonds. The predicted molar refractivity (Wildman–Crippen MR) is 160 cm³/mol. The zero-order valence-electron chi connectivity index (χ0n) is 24.6. The minimum Gasteiger partial charge on any atom is -0.494 e. The first-order valence-electron chi connectivity index (χ1n) is 14.9. The van der Waals surface area contributed by atoms with Gasteiger partial charge in [0, 0.05) is 5.69 Å². The fraction of sp³-hybridized carbons (Fsp3) is 0.531. The minimum atomic E-state index is -1.22. The molecule has 3 aliphatic heterocycles. The summed E-state index contributed by atoms with van der Waals surface area (Å²) in [5, 5.41) is 16.8. The van der Waals surface area contributed by atoms with E-state index in [-0.39, 0.29) is 24.3 Å². The van der Waals surface area contributed by atoms with E-state index in [1.807, 2.05) is 27.7 Å². The molecule has 2 aromatic rings. The maximum atomic E-state index is 14.5. The van der Waals surface area contributed by atoms with Crippen molar-refractivity contribution in [3.05, 3.63) is 53.6 Å². The normalized spacial score (nSPS) is 29.2. The molecule has 2 bridgehead atoms. The van der Waals surface area contributed by atoms with Gasteiger partial charge in [0.05, 0.1) is 47.4 Å². The summed E-state index contributed by atoms with van der Waals surface area (Å²) in [6.07, 6.45) is 2.17. The number of likely N-dealkylation sites (tertiary alicyclic amines) is 1. The number of nitrogens with one attached hydrogen (secondary N) is 2. The van der Waals surface area contributed by atoms with Crippen molar-refractivity contribution in [3.63, 3.8) is 0 Å². The van der Waals surface area contributed by atoms with E-state index in [9.17, 15) is 19.5 Å². The van der Waals surface area contributed by atoms with Crippen LogP contribution in [0.25, 0.3) is 0 Å². The number of anilines is 2. The van der Waals surface area contributed by atoms with Crippen molar-refractivity contribution in [1.82, 2.24) is 4.90 Å². The summed E-state index contributed by atoms with van der Waals surface area (Å²) in [5.74, 6) is -2.20. The van der Waals surface area contributed by atoms with Crippen LogP contribution in [0.3, 0.4) is 0 Å². The van der Waals surface area contributed by atoms with Crippen molar-refractivity contribution >= 4 is 40.7 Å². The summed E-state index contributed by atoms with van der Waals surface area (Å²) in [5.41, 5.74) is -1.12.